The van der Waals surface area contributed by atoms with Crippen LogP contribution in [0.3, 0.4) is 0 Å². The molecule has 25 heavy (non-hydrogen) atoms. The first kappa shape index (κ1) is 17.6. The average Bonchev–Trinajstić information content (AvgIpc) is 2.62. The minimum absolute atomic E-state index is 0.350. The van der Waals surface area contributed by atoms with Gasteiger partial charge in [-0.1, -0.05) is 17.7 Å². The van der Waals surface area contributed by atoms with Crippen LogP contribution in [0.2, 0.25) is 5.02 Å². The minimum Gasteiger partial charge on any atom is -0.368 e. The van der Waals surface area contributed by atoms with Gasteiger partial charge >= 0.3 is 0 Å². The predicted octanol–water partition coefficient (Wildman–Crippen LogP) is 4.03. The standard InChI is InChI=1S/C18H16ClF3N2O/c1-11-13(19)3-2-4-15(11)23-7-9-24(10-8-23)18(25)12-5-6-14(20)17(22)16(12)21/h2-6H,7-10H2,1H3. The summed E-state index contributed by atoms with van der Waals surface area (Å²) < 4.78 is 40.2. The monoisotopic (exact) mass is 368 g/mol. The van der Waals surface area contributed by atoms with Crippen molar-refractivity contribution in [2.24, 2.45) is 0 Å². The Morgan fingerprint density at radius 3 is 2.36 bits per heavy atom. The summed E-state index contributed by atoms with van der Waals surface area (Å²) in [6, 6.07) is 7.36. The zero-order valence-electron chi connectivity index (χ0n) is 13.5. The Morgan fingerprint density at radius 2 is 1.68 bits per heavy atom. The van der Waals surface area contributed by atoms with Crippen LogP contribution in [0.15, 0.2) is 30.3 Å². The summed E-state index contributed by atoms with van der Waals surface area (Å²) in [5.41, 5.74) is 1.49. The Labute approximate surface area is 148 Å². The average molecular weight is 369 g/mol. The number of piperazine rings is 1. The van der Waals surface area contributed by atoms with Gasteiger partial charge in [-0.2, -0.15) is 0 Å². The van der Waals surface area contributed by atoms with Gasteiger partial charge in [0.05, 0.1) is 5.56 Å². The maximum atomic E-state index is 13.8. The van der Waals surface area contributed by atoms with Gasteiger partial charge in [0.1, 0.15) is 0 Å². The van der Waals surface area contributed by atoms with E-state index in [0.29, 0.717) is 31.2 Å². The van der Waals surface area contributed by atoms with Crippen molar-refractivity contribution >= 4 is 23.2 Å². The molecule has 1 amide bonds. The lowest BCUT2D eigenvalue weighted by Crippen LogP contribution is -2.49. The van der Waals surface area contributed by atoms with Crippen molar-refractivity contribution < 1.29 is 18.0 Å². The van der Waals surface area contributed by atoms with Gasteiger partial charge in [0.2, 0.25) is 0 Å². The number of rotatable bonds is 2. The molecule has 0 N–H and O–H groups in total. The van der Waals surface area contributed by atoms with Crippen molar-refractivity contribution in [2.45, 2.75) is 6.92 Å². The first-order valence-corrected chi connectivity index (χ1v) is 8.20. The van der Waals surface area contributed by atoms with Crippen LogP contribution >= 0.6 is 11.6 Å². The highest BCUT2D eigenvalue weighted by Gasteiger charge is 2.27. The minimum atomic E-state index is -1.63. The zero-order chi connectivity index (χ0) is 18.1. The fraction of sp³-hybridized carbons (Fsp3) is 0.278. The van der Waals surface area contributed by atoms with E-state index in [1.165, 1.54) is 4.90 Å². The second-order valence-electron chi connectivity index (χ2n) is 5.89. The molecule has 1 saturated heterocycles. The summed E-state index contributed by atoms with van der Waals surface area (Å²) in [6.45, 7) is 3.70. The third-order valence-corrected chi connectivity index (χ3v) is 4.82. The number of hydrogen-bond donors (Lipinski definition) is 0. The van der Waals surface area contributed by atoms with E-state index >= 15 is 0 Å². The molecule has 0 aromatic heterocycles. The lowest BCUT2D eigenvalue weighted by atomic mass is 10.1. The summed E-state index contributed by atoms with van der Waals surface area (Å²) >= 11 is 6.14. The quantitative estimate of drug-likeness (QED) is 0.747. The molecule has 0 atom stereocenters. The molecule has 1 aliphatic heterocycles. The lowest BCUT2D eigenvalue weighted by molar-refractivity contribution is 0.0740. The Hall–Kier alpha value is -2.21. The van der Waals surface area contributed by atoms with Gasteiger partial charge in [0, 0.05) is 36.9 Å². The highest BCUT2D eigenvalue weighted by atomic mass is 35.5. The molecule has 1 aliphatic rings. The maximum Gasteiger partial charge on any atom is 0.257 e. The number of nitrogens with zero attached hydrogens (tertiary/aromatic N) is 2. The Morgan fingerprint density at radius 1 is 1.00 bits per heavy atom. The van der Waals surface area contributed by atoms with Gasteiger partial charge < -0.3 is 9.80 Å². The summed E-state index contributed by atoms with van der Waals surface area (Å²) in [7, 11) is 0. The van der Waals surface area contributed by atoms with Crippen LogP contribution in [0.1, 0.15) is 15.9 Å². The van der Waals surface area contributed by atoms with E-state index in [1.54, 1.807) is 0 Å². The van der Waals surface area contributed by atoms with Crippen LogP contribution < -0.4 is 4.90 Å². The molecular weight excluding hydrogens is 353 g/mol. The third-order valence-electron chi connectivity index (χ3n) is 4.41. The molecule has 0 radical (unpaired) electrons. The van der Waals surface area contributed by atoms with E-state index < -0.39 is 28.9 Å². The van der Waals surface area contributed by atoms with Crippen molar-refractivity contribution in [1.29, 1.82) is 0 Å². The molecule has 2 aromatic rings. The van der Waals surface area contributed by atoms with Gasteiger partial charge in [-0.3, -0.25) is 4.79 Å². The van der Waals surface area contributed by atoms with Gasteiger partial charge in [-0.15, -0.1) is 0 Å². The van der Waals surface area contributed by atoms with E-state index in [-0.39, 0.29) is 0 Å². The van der Waals surface area contributed by atoms with Crippen molar-refractivity contribution in [3.05, 3.63) is 63.9 Å². The SMILES string of the molecule is Cc1c(Cl)cccc1N1CCN(C(=O)c2ccc(F)c(F)c2F)CC1. The summed E-state index contributed by atoms with van der Waals surface area (Å²) in [5.74, 6) is -5.02. The Bertz CT molecular complexity index is 820. The first-order valence-electron chi connectivity index (χ1n) is 7.83. The molecule has 0 unspecified atom stereocenters. The largest absolute Gasteiger partial charge is 0.368 e. The molecular formula is C18H16ClF3N2O. The first-order chi connectivity index (χ1) is 11.9. The normalized spacial score (nSPS) is 14.8. The fourth-order valence-corrected chi connectivity index (χ4v) is 3.12. The van der Waals surface area contributed by atoms with Gasteiger partial charge in [0.15, 0.2) is 17.5 Å². The van der Waals surface area contributed by atoms with Crippen LogP contribution in [0.5, 0.6) is 0 Å². The van der Waals surface area contributed by atoms with Crippen LogP contribution in [0.4, 0.5) is 18.9 Å². The predicted molar refractivity (Wildman–Crippen MR) is 90.6 cm³/mol. The number of hydrogen-bond acceptors (Lipinski definition) is 2. The number of anilines is 1. The molecule has 3 rings (SSSR count). The van der Waals surface area contributed by atoms with E-state index in [2.05, 4.69) is 4.90 Å². The van der Waals surface area contributed by atoms with Crippen molar-refractivity contribution in [2.75, 3.05) is 31.1 Å². The highest BCUT2D eigenvalue weighted by molar-refractivity contribution is 6.31. The highest BCUT2D eigenvalue weighted by Crippen LogP contribution is 2.27. The number of amides is 1. The molecule has 0 bridgehead atoms. The molecule has 0 saturated carbocycles. The number of carbonyl (C=O) groups excluding carboxylic acids is 1. The third kappa shape index (κ3) is 3.31. The second-order valence-corrected chi connectivity index (χ2v) is 6.29. The van der Waals surface area contributed by atoms with Gasteiger partial charge in [0.25, 0.3) is 5.91 Å². The molecule has 0 aliphatic carbocycles. The van der Waals surface area contributed by atoms with Crippen LogP contribution in [-0.4, -0.2) is 37.0 Å². The molecule has 132 valence electrons. The van der Waals surface area contributed by atoms with E-state index in [0.717, 1.165) is 23.4 Å². The number of carbonyl (C=O) groups is 1. The lowest BCUT2D eigenvalue weighted by Gasteiger charge is -2.37. The van der Waals surface area contributed by atoms with E-state index in [4.69, 9.17) is 11.6 Å². The number of halogens is 4. The van der Waals surface area contributed by atoms with Crippen LogP contribution in [0.25, 0.3) is 0 Å². The molecule has 0 spiro atoms. The van der Waals surface area contributed by atoms with Crippen molar-refractivity contribution in [3.8, 4) is 0 Å². The summed E-state index contributed by atoms with van der Waals surface area (Å²) in [6.07, 6.45) is 0. The summed E-state index contributed by atoms with van der Waals surface area (Å²) in [5, 5.41) is 0.667. The van der Waals surface area contributed by atoms with Gasteiger partial charge in [-0.05, 0) is 36.8 Å². The molecule has 2 aromatic carbocycles. The molecule has 1 fully saturated rings. The van der Waals surface area contributed by atoms with E-state index in [1.807, 2.05) is 25.1 Å². The maximum absolute atomic E-state index is 13.8. The smallest absolute Gasteiger partial charge is 0.257 e. The summed E-state index contributed by atoms with van der Waals surface area (Å²) in [4.78, 5) is 15.9. The fourth-order valence-electron chi connectivity index (χ4n) is 2.95. The van der Waals surface area contributed by atoms with Crippen molar-refractivity contribution in [3.63, 3.8) is 0 Å². The second kappa shape index (κ2) is 6.96. The number of benzene rings is 2. The Balaban J connectivity index is 1.73. The molecule has 1 heterocycles. The molecule has 3 nitrogen and oxygen atoms in total. The topological polar surface area (TPSA) is 23.6 Å². The van der Waals surface area contributed by atoms with Crippen molar-refractivity contribution in [1.82, 2.24) is 4.90 Å². The van der Waals surface area contributed by atoms with E-state index in [9.17, 15) is 18.0 Å². The Kier molecular flexibility index (Phi) is 4.90. The van der Waals surface area contributed by atoms with Gasteiger partial charge in [-0.25, -0.2) is 13.2 Å². The van der Waals surface area contributed by atoms with Crippen LogP contribution in [-0.2, 0) is 0 Å². The molecule has 7 heteroatoms. The van der Waals surface area contributed by atoms with Crippen LogP contribution in [0, 0.1) is 24.4 Å². The zero-order valence-corrected chi connectivity index (χ0v) is 14.3.